The van der Waals surface area contributed by atoms with Crippen LogP contribution in [-0.2, 0) is 0 Å². The van der Waals surface area contributed by atoms with Crippen molar-refractivity contribution < 1.29 is 9.72 Å². The summed E-state index contributed by atoms with van der Waals surface area (Å²) in [6.07, 6.45) is 0. The molecule has 132 valence electrons. The van der Waals surface area contributed by atoms with Gasteiger partial charge in [0.1, 0.15) is 11.4 Å². The van der Waals surface area contributed by atoms with Crippen LogP contribution in [0.3, 0.4) is 0 Å². The second-order valence-corrected chi connectivity index (χ2v) is 6.44. The Morgan fingerprint density at radius 3 is 2.46 bits per heavy atom. The van der Waals surface area contributed by atoms with Gasteiger partial charge >= 0.3 is 0 Å². The molecule has 0 atom stereocenters. The zero-order chi connectivity index (χ0) is 18.8. The molecular weight excluding hydrogens is 403 g/mol. The van der Waals surface area contributed by atoms with Crippen molar-refractivity contribution in [1.29, 1.82) is 0 Å². The highest BCUT2D eigenvalue weighted by Crippen LogP contribution is 2.30. The lowest BCUT2D eigenvalue weighted by Gasteiger charge is -2.04. The molecule has 1 amide bonds. The van der Waals surface area contributed by atoms with E-state index in [-0.39, 0.29) is 22.1 Å². The first-order chi connectivity index (χ1) is 12.3. The molecule has 7 nitrogen and oxygen atoms in total. The molecule has 0 saturated carbocycles. The first-order valence-electron chi connectivity index (χ1n) is 7.11. The average molecular weight is 412 g/mol. The van der Waals surface area contributed by atoms with Crippen molar-refractivity contribution in [2.45, 2.75) is 0 Å². The predicted molar refractivity (Wildman–Crippen MR) is 100 cm³/mol. The topological polar surface area (TPSA) is 101 Å². The number of amides is 1. The van der Waals surface area contributed by atoms with Crippen LogP contribution in [0.2, 0.25) is 15.1 Å². The maximum atomic E-state index is 12.4. The molecule has 2 aromatic carbocycles. The highest BCUT2D eigenvalue weighted by molar-refractivity contribution is 6.36. The fourth-order valence-electron chi connectivity index (χ4n) is 2.22. The number of hydrogen-bond donors (Lipinski definition) is 2. The van der Waals surface area contributed by atoms with Crippen molar-refractivity contribution in [1.82, 2.24) is 10.2 Å². The third kappa shape index (κ3) is 3.80. The number of nitro groups is 1. The van der Waals surface area contributed by atoms with Crippen LogP contribution < -0.4 is 5.32 Å². The average Bonchev–Trinajstić information content (AvgIpc) is 3.06. The summed E-state index contributed by atoms with van der Waals surface area (Å²) in [4.78, 5) is 22.8. The van der Waals surface area contributed by atoms with Crippen molar-refractivity contribution in [3.63, 3.8) is 0 Å². The van der Waals surface area contributed by atoms with Crippen LogP contribution in [0.15, 0.2) is 42.5 Å². The predicted octanol–water partition coefficient (Wildman–Crippen LogP) is 5.20. The molecule has 0 spiro atoms. The van der Waals surface area contributed by atoms with E-state index in [9.17, 15) is 14.9 Å². The largest absolute Gasteiger partial charge is 0.315 e. The summed E-state index contributed by atoms with van der Waals surface area (Å²) >= 11 is 17.7. The van der Waals surface area contributed by atoms with Gasteiger partial charge in [0.15, 0.2) is 0 Å². The van der Waals surface area contributed by atoms with Crippen molar-refractivity contribution in [2.24, 2.45) is 0 Å². The van der Waals surface area contributed by atoms with Gasteiger partial charge in [-0.15, -0.1) is 0 Å². The third-order valence-electron chi connectivity index (χ3n) is 3.43. The molecule has 3 aromatic rings. The first kappa shape index (κ1) is 18.2. The number of H-pyrrole nitrogens is 1. The Balaban J connectivity index is 1.86. The zero-order valence-electron chi connectivity index (χ0n) is 12.8. The number of nitro benzene ring substituents is 1. The van der Waals surface area contributed by atoms with Gasteiger partial charge in [-0.1, -0.05) is 34.8 Å². The van der Waals surface area contributed by atoms with Crippen LogP contribution >= 0.6 is 34.8 Å². The number of nitrogens with zero attached hydrogens (tertiary/aromatic N) is 2. The molecular formula is C16H9Cl3N4O3. The van der Waals surface area contributed by atoms with Gasteiger partial charge in [-0.25, -0.2) is 0 Å². The van der Waals surface area contributed by atoms with Gasteiger partial charge in [0.05, 0.1) is 15.6 Å². The van der Waals surface area contributed by atoms with Gasteiger partial charge in [0.2, 0.25) is 0 Å². The molecule has 2 N–H and O–H groups in total. The maximum Gasteiger partial charge on any atom is 0.294 e. The fourth-order valence-corrected chi connectivity index (χ4v) is 2.90. The number of carbonyl (C=O) groups is 1. The normalized spacial score (nSPS) is 10.6. The van der Waals surface area contributed by atoms with Crippen molar-refractivity contribution in [2.75, 3.05) is 5.32 Å². The lowest BCUT2D eigenvalue weighted by atomic mass is 10.1. The zero-order valence-corrected chi connectivity index (χ0v) is 15.1. The molecule has 0 unspecified atom stereocenters. The van der Waals surface area contributed by atoms with Crippen molar-refractivity contribution in [3.05, 3.63) is 73.3 Å². The smallest absolute Gasteiger partial charge is 0.294 e. The summed E-state index contributed by atoms with van der Waals surface area (Å²) < 4.78 is 0. The molecule has 0 aliphatic heterocycles. The molecule has 26 heavy (non-hydrogen) atoms. The Labute approximate surface area is 162 Å². The number of anilines is 1. The Bertz CT molecular complexity index is 1020. The van der Waals surface area contributed by atoms with Crippen molar-refractivity contribution >= 4 is 52.1 Å². The van der Waals surface area contributed by atoms with Gasteiger partial charge in [-0.3, -0.25) is 20.0 Å². The summed E-state index contributed by atoms with van der Waals surface area (Å²) in [5.41, 5.74) is 0.831. The molecule has 0 aliphatic rings. The summed E-state index contributed by atoms with van der Waals surface area (Å²) in [5.74, 6) is -0.598. The van der Waals surface area contributed by atoms with E-state index >= 15 is 0 Å². The van der Waals surface area contributed by atoms with E-state index in [0.717, 1.165) is 6.07 Å². The Hall–Kier alpha value is -2.61. The van der Waals surface area contributed by atoms with Crippen LogP contribution in [0.1, 0.15) is 10.5 Å². The number of benzene rings is 2. The van der Waals surface area contributed by atoms with E-state index in [1.807, 2.05) is 0 Å². The lowest BCUT2D eigenvalue weighted by Crippen LogP contribution is -2.13. The second kappa shape index (κ2) is 7.33. The van der Waals surface area contributed by atoms with Gasteiger partial charge in [-0.2, -0.15) is 5.10 Å². The van der Waals surface area contributed by atoms with Gasteiger partial charge in [0.25, 0.3) is 11.6 Å². The SMILES string of the molecule is O=C(Nc1ccc(Cl)cc1[N+](=O)[O-])c1cc(-c2ccc(Cl)cc2Cl)n[nH]1. The fraction of sp³-hybridized carbons (Fsp3) is 0. The molecule has 3 rings (SSSR count). The van der Waals surface area contributed by atoms with Crippen LogP contribution in [0, 0.1) is 10.1 Å². The van der Waals surface area contributed by atoms with E-state index in [4.69, 9.17) is 34.8 Å². The van der Waals surface area contributed by atoms with E-state index in [2.05, 4.69) is 15.5 Å². The van der Waals surface area contributed by atoms with Crippen LogP contribution in [0.4, 0.5) is 11.4 Å². The summed E-state index contributed by atoms with van der Waals surface area (Å²) in [6, 6.07) is 10.3. The number of aromatic amines is 1. The monoisotopic (exact) mass is 410 g/mol. The van der Waals surface area contributed by atoms with Gasteiger partial charge in [0, 0.05) is 21.7 Å². The number of rotatable bonds is 4. The molecule has 10 heteroatoms. The number of carbonyl (C=O) groups excluding carboxylic acids is 1. The lowest BCUT2D eigenvalue weighted by molar-refractivity contribution is -0.383. The van der Waals surface area contributed by atoms with Crippen molar-refractivity contribution in [3.8, 4) is 11.3 Å². The summed E-state index contributed by atoms with van der Waals surface area (Å²) in [6.45, 7) is 0. The number of nitrogens with one attached hydrogen (secondary N) is 2. The first-order valence-corrected chi connectivity index (χ1v) is 8.24. The number of halogens is 3. The quantitative estimate of drug-likeness (QED) is 0.455. The Kier molecular flexibility index (Phi) is 5.13. The summed E-state index contributed by atoms with van der Waals surface area (Å²) in [7, 11) is 0. The summed E-state index contributed by atoms with van der Waals surface area (Å²) in [5, 5.41) is 21.2. The van der Waals surface area contributed by atoms with Crippen LogP contribution in [-0.4, -0.2) is 21.0 Å². The maximum absolute atomic E-state index is 12.4. The standard InChI is InChI=1S/C16H9Cl3N4O3/c17-8-1-3-10(11(19)5-8)13-7-14(22-21-13)16(24)20-12-4-2-9(18)6-15(12)23(25)26/h1-7H,(H,20,24)(H,21,22). The highest BCUT2D eigenvalue weighted by Gasteiger charge is 2.19. The highest BCUT2D eigenvalue weighted by atomic mass is 35.5. The second-order valence-electron chi connectivity index (χ2n) is 5.16. The van der Waals surface area contributed by atoms with E-state index < -0.39 is 10.8 Å². The van der Waals surface area contributed by atoms with Gasteiger partial charge in [-0.05, 0) is 36.4 Å². The van der Waals surface area contributed by atoms with Crippen LogP contribution in [0.25, 0.3) is 11.3 Å². The molecule has 0 saturated heterocycles. The third-order valence-corrected chi connectivity index (χ3v) is 4.22. The molecule has 1 heterocycles. The van der Waals surface area contributed by atoms with E-state index in [1.165, 1.54) is 18.2 Å². The molecule has 0 fully saturated rings. The van der Waals surface area contributed by atoms with Crippen LogP contribution in [0.5, 0.6) is 0 Å². The minimum atomic E-state index is -0.632. The minimum Gasteiger partial charge on any atom is -0.315 e. The number of hydrogen-bond acceptors (Lipinski definition) is 4. The molecule has 0 radical (unpaired) electrons. The molecule has 0 aliphatic carbocycles. The van der Waals surface area contributed by atoms with E-state index in [1.54, 1.807) is 18.2 Å². The molecule has 0 bridgehead atoms. The Morgan fingerprint density at radius 1 is 1.08 bits per heavy atom. The molecule has 1 aromatic heterocycles. The Morgan fingerprint density at radius 2 is 1.77 bits per heavy atom. The van der Waals surface area contributed by atoms with Gasteiger partial charge < -0.3 is 5.32 Å². The number of aromatic nitrogens is 2. The minimum absolute atomic E-state index is 0.0186. The van der Waals surface area contributed by atoms with E-state index in [0.29, 0.717) is 21.3 Å².